The molecular formula is C13H16FNO. The van der Waals surface area contributed by atoms with Crippen molar-refractivity contribution >= 4 is 5.78 Å². The summed E-state index contributed by atoms with van der Waals surface area (Å²) in [6.45, 7) is 3.24. The molecular weight excluding hydrogens is 205 g/mol. The molecule has 2 nitrogen and oxygen atoms in total. The summed E-state index contributed by atoms with van der Waals surface area (Å²) < 4.78 is 13.2. The fraction of sp³-hybridized carbons (Fsp3) is 0.462. The summed E-state index contributed by atoms with van der Waals surface area (Å²) in [6, 6.07) is 6.44. The Labute approximate surface area is 94.9 Å². The van der Waals surface area contributed by atoms with Crippen LogP contribution in [0, 0.1) is 5.82 Å². The van der Waals surface area contributed by atoms with Gasteiger partial charge in [0.1, 0.15) is 11.6 Å². The zero-order valence-corrected chi connectivity index (χ0v) is 9.42. The van der Waals surface area contributed by atoms with E-state index in [4.69, 9.17) is 0 Å². The van der Waals surface area contributed by atoms with E-state index in [0.717, 1.165) is 31.5 Å². The van der Waals surface area contributed by atoms with Crippen molar-refractivity contribution in [2.75, 3.05) is 13.1 Å². The molecule has 3 heteroatoms. The molecule has 0 spiro atoms. The van der Waals surface area contributed by atoms with E-state index in [2.05, 4.69) is 5.32 Å². The van der Waals surface area contributed by atoms with Crippen molar-refractivity contribution in [3.8, 4) is 0 Å². The molecule has 0 bridgehead atoms. The molecule has 0 amide bonds. The Bertz CT molecular complexity index is 397. The van der Waals surface area contributed by atoms with E-state index in [-0.39, 0.29) is 11.6 Å². The molecule has 1 saturated heterocycles. The first-order valence-corrected chi connectivity index (χ1v) is 5.63. The van der Waals surface area contributed by atoms with Crippen LogP contribution in [-0.4, -0.2) is 18.9 Å². The van der Waals surface area contributed by atoms with Crippen molar-refractivity contribution in [2.24, 2.45) is 0 Å². The van der Waals surface area contributed by atoms with Crippen molar-refractivity contribution in [1.29, 1.82) is 0 Å². The first-order valence-electron chi connectivity index (χ1n) is 5.63. The van der Waals surface area contributed by atoms with Gasteiger partial charge in [-0.25, -0.2) is 4.39 Å². The van der Waals surface area contributed by atoms with Gasteiger partial charge in [-0.1, -0.05) is 12.1 Å². The number of carbonyl (C=O) groups excluding carboxylic acids is 1. The molecule has 1 aliphatic heterocycles. The summed E-state index contributed by atoms with van der Waals surface area (Å²) >= 11 is 0. The summed E-state index contributed by atoms with van der Waals surface area (Å²) in [4.78, 5) is 11.9. The van der Waals surface area contributed by atoms with Gasteiger partial charge in [-0.3, -0.25) is 4.79 Å². The predicted molar refractivity (Wildman–Crippen MR) is 60.9 cm³/mol. The van der Waals surface area contributed by atoms with Gasteiger partial charge in [0.25, 0.3) is 0 Å². The second-order valence-electron chi connectivity index (χ2n) is 4.40. The molecule has 0 atom stereocenters. The number of hydrogen-bond acceptors (Lipinski definition) is 2. The lowest BCUT2D eigenvalue weighted by atomic mass is 9.70. The Balaban J connectivity index is 2.42. The van der Waals surface area contributed by atoms with Crippen LogP contribution in [0.15, 0.2) is 24.3 Å². The highest BCUT2D eigenvalue weighted by Crippen LogP contribution is 2.34. The van der Waals surface area contributed by atoms with Gasteiger partial charge in [0, 0.05) is 0 Å². The average molecular weight is 221 g/mol. The molecule has 0 saturated carbocycles. The van der Waals surface area contributed by atoms with E-state index in [0.29, 0.717) is 0 Å². The van der Waals surface area contributed by atoms with E-state index in [1.54, 1.807) is 13.0 Å². The van der Waals surface area contributed by atoms with Crippen molar-refractivity contribution in [1.82, 2.24) is 5.32 Å². The van der Waals surface area contributed by atoms with Crippen LogP contribution in [0.3, 0.4) is 0 Å². The highest BCUT2D eigenvalue weighted by Gasteiger charge is 2.38. The maximum atomic E-state index is 13.2. The van der Waals surface area contributed by atoms with Crippen LogP contribution in [0.4, 0.5) is 4.39 Å². The van der Waals surface area contributed by atoms with Crippen molar-refractivity contribution in [2.45, 2.75) is 25.2 Å². The van der Waals surface area contributed by atoms with Crippen LogP contribution in [-0.2, 0) is 10.2 Å². The van der Waals surface area contributed by atoms with Crippen molar-refractivity contribution in [3.63, 3.8) is 0 Å². The van der Waals surface area contributed by atoms with Gasteiger partial charge in [-0.2, -0.15) is 0 Å². The molecule has 1 aromatic rings. The lowest BCUT2D eigenvalue weighted by Crippen LogP contribution is -2.44. The minimum absolute atomic E-state index is 0.139. The smallest absolute Gasteiger partial charge is 0.140 e. The Hall–Kier alpha value is -1.22. The number of piperidine rings is 1. The standard InChI is InChI=1S/C13H16FNO/c1-10(16)13(5-7-15-8-6-13)11-3-2-4-12(14)9-11/h2-4,9,15H,5-8H2,1H3. The van der Waals surface area contributed by atoms with Gasteiger partial charge in [0.05, 0.1) is 5.41 Å². The largest absolute Gasteiger partial charge is 0.317 e. The summed E-state index contributed by atoms with van der Waals surface area (Å²) in [7, 11) is 0. The van der Waals surface area contributed by atoms with Gasteiger partial charge in [-0.15, -0.1) is 0 Å². The maximum absolute atomic E-state index is 13.2. The molecule has 1 fully saturated rings. The molecule has 2 rings (SSSR count). The Morgan fingerprint density at radius 1 is 1.38 bits per heavy atom. The van der Waals surface area contributed by atoms with Crippen LogP contribution in [0.5, 0.6) is 0 Å². The van der Waals surface area contributed by atoms with Crippen LogP contribution < -0.4 is 5.32 Å². The Kier molecular flexibility index (Phi) is 3.06. The van der Waals surface area contributed by atoms with Gasteiger partial charge in [-0.05, 0) is 50.6 Å². The minimum Gasteiger partial charge on any atom is -0.317 e. The van der Waals surface area contributed by atoms with Crippen LogP contribution in [0.25, 0.3) is 0 Å². The maximum Gasteiger partial charge on any atom is 0.140 e. The lowest BCUT2D eigenvalue weighted by molar-refractivity contribution is -0.123. The van der Waals surface area contributed by atoms with Gasteiger partial charge in [0.15, 0.2) is 0 Å². The third-order valence-corrected chi connectivity index (χ3v) is 3.51. The highest BCUT2D eigenvalue weighted by atomic mass is 19.1. The molecule has 0 radical (unpaired) electrons. The van der Waals surface area contributed by atoms with Gasteiger partial charge in [0.2, 0.25) is 0 Å². The molecule has 0 aromatic heterocycles. The van der Waals surface area contributed by atoms with Gasteiger partial charge >= 0.3 is 0 Å². The number of halogens is 1. The SMILES string of the molecule is CC(=O)C1(c2cccc(F)c2)CCNCC1. The molecule has 0 unspecified atom stereocenters. The molecule has 16 heavy (non-hydrogen) atoms. The van der Waals surface area contributed by atoms with E-state index < -0.39 is 5.41 Å². The van der Waals surface area contributed by atoms with Crippen molar-refractivity contribution < 1.29 is 9.18 Å². The number of benzene rings is 1. The van der Waals surface area contributed by atoms with E-state index in [1.165, 1.54) is 12.1 Å². The third kappa shape index (κ3) is 1.87. The Morgan fingerprint density at radius 2 is 2.06 bits per heavy atom. The van der Waals surface area contributed by atoms with Crippen LogP contribution in [0.1, 0.15) is 25.3 Å². The Morgan fingerprint density at radius 3 is 2.62 bits per heavy atom. The number of hydrogen-bond donors (Lipinski definition) is 1. The molecule has 86 valence electrons. The summed E-state index contributed by atoms with van der Waals surface area (Å²) in [5.74, 6) is -0.128. The minimum atomic E-state index is -0.479. The molecule has 0 aliphatic carbocycles. The normalized spacial score (nSPS) is 19.4. The fourth-order valence-corrected chi connectivity index (χ4v) is 2.48. The monoisotopic (exact) mass is 221 g/mol. The first kappa shape index (κ1) is 11.3. The predicted octanol–water partition coefficient (Wildman–Crippen LogP) is 2.04. The topological polar surface area (TPSA) is 29.1 Å². The number of nitrogens with one attached hydrogen (secondary N) is 1. The highest BCUT2D eigenvalue weighted by molar-refractivity contribution is 5.88. The summed E-state index contributed by atoms with van der Waals surface area (Å²) in [6.07, 6.45) is 1.51. The molecule has 1 aromatic carbocycles. The summed E-state index contributed by atoms with van der Waals surface area (Å²) in [5, 5.41) is 3.23. The fourth-order valence-electron chi connectivity index (χ4n) is 2.48. The van der Waals surface area contributed by atoms with Gasteiger partial charge < -0.3 is 5.32 Å². The molecule has 1 heterocycles. The van der Waals surface area contributed by atoms with E-state index >= 15 is 0 Å². The average Bonchev–Trinajstić information content (AvgIpc) is 2.30. The lowest BCUT2D eigenvalue weighted by Gasteiger charge is -2.35. The van der Waals surface area contributed by atoms with E-state index in [9.17, 15) is 9.18 Å². The number of rotatable bonds is 2. The second-order valence-corrected chi connectivity index (χ2v) is 4.40. The second kappa shape index (κ2) is 4.34. The zero-order chi connectivity index (χ0) is 11.6. The molecule has 1 N–H and O–H groups in total. The number of carbonyl (C=O) groups is 1. The summed E-state index contributed by atoms with van der Waals surface area (Å²) in [5.41, 5.74) is 0.342. The van der Waals surface area contributed by atoms with Crippen LogP contribution in [0.2, 0.25) is 0 Å². The first-order chi connectivity index (χ1) is 7.65. The van der Waals surface area contributed by atoms with E-state index in [1.807, 2.05) is 6.07 Å². The number of Topliss-reactive ketones (excluding diaryl/α,β-unsaturated/α-hetero) is 1. The quantitative estimate of drug-likeness (QED) is 0.828. The molecule has 1 aliphatic rings. The zero-order valence-electron chi connectivity index (χ0n) is 9.42. The number of ketones is 1. The van der Waals surface area contributed by atoms with Crippen LogP contribution >= 0.6 is 0 Å². The third-order valence-electron chi connectivity index (χ3n) is 3.51. The van der Waals surface area contributed by atoms with Crippen molar-refractivity contribution in [3.05, 3.63) is 35.6 Å².